The van der Waals surface area contributed by atoms with Crippen molar-refractivity contribution in [3.8, 4) is 0 Å². The van der Waals surface area contributed by atoms with Gasteiger partial charge in [-0.1, -0.05) is 12.1 Å². The highest BCUT2D eigenvalue weighted by molar-refractivity contribution is 5.76. The van der Waals surface area contributed by atoms with Gasteiger partial charge in [0.2, 0.25) is 0 Å². The first-order valence-corrected chi connectivity index (χ1v) is 7.48. The van der Waals surface area contributed by atoms with Gasteiger partial charge < -0.3 is 9.80 Å². The second-order valence-corrected chi connectivity index (χ2v) is 5.34. The van der Waals surface area contributed by atoms with E-state index in [0.717, 1.165) is 42.9 Å². The van der Waals surface area contributed by atoms with Crippen molar-refractivity contribution in [1.29, 1.82) is 0 Å². The molecule has 5 heteroatoms. The Balaban J connectivity index is 1.68. The molecule has 1 aromatic heterocycles. The van der Waals surface area contributed by atoms with E-state index in [2.05, 4.69) is 9.97 Å². The van der Waals surface area contributed by atoms with E-state index in [-0.39, 0.29) is 6.03 Å². The highest BCUT2D eigenvalue weighted by atomic mass is 16.2. The summed E-state index contributed by atoms with van der Waals surface area (Å²) < 4.78 is 0. The molecule has 2 heterocycles. The molecular weight excluding hydrogens is 264 g/mol. The maximum Gasteiger partial charge on any atom is 0.320 e. The number of fused-ring (bicyclic) bond motifs is 1. The van der Waals surface area contributed by atoms with Crippen molar-refractivity contribution in [3.63, 3.8) is 0 Å². The molecule has 0 spiro atoms. The zero-order chi connectivity index (χ0) is 14.8. The molecule has 2 aromatic rings. The molecule has 0 radical (unpaired) electrons. The lowest BCUT2D eigenvalue weighted by molar-refractivity contribution is 0.116. The topological polar surface area (TPSA) is 49.3 Å². The van der Waals surface area contributed by atoms with Gasteiger partial charge in [0.25, 0.3) is 0 Å². The van der Waals surface area contributed by atoms with E-state index in [9.17, 15) is 4.79 Å². The normalized spacial score (nSPS) is 15.0. The van der Waals surface area contributed by atoms with Crippen LogP contribution in [0.15, 0.2) is 30.5 Å². The average Bonchev–Trinajstić information content (AvgIpc) is 2.47. The lowest BCUT2D eigenvalue weighted by Crippen LogP contribution is -2.53. The third-order valence-corrected chi connectivity index (χ3v) is 4.07. The van der Waals surface area contributed by atoms with E-state index in [0.29, 0.717) is 5.92 Å². The van der Waals surface area contributed by atoms with E-state index in [4.69, 9.17) is 0 Å². The minimum absolute atomic E-state index is 0.130. The molecule has 0 bridgehead atoms. The Morgan fingerprint density at radius 1 is 1.24 bits per heavy atom. The van der Waals surface area contributed by atoms with Crippen LogP contribution in [0.1, 0.15) is 25.5 Å². The number of aromatic nitrogens is 2. The zero-order valence-electron chi connectivity index (χ0n) is 12.5. The van der Waals surface area contributed by atoms with E-state index in [1.165, 1.54) is 0 Å². The largest absolute Gasteiger partial charge is 0.325 e. The van der Waals surface area contributed by atoms with Crippen molar-refractivity contribution < 1.29 is 4.79 Å². The Morgan fingerprint density at radius 3 is 2.57 bits per heavy atom. The van der Waals surface area contributed by atoms with Gasteiger partial charge in [-0.15, -0.1) is 0 Å². The summed E-state index contributed by atoms with van der Waals surface area (Å²) in [4.78, 5) is 25.0. The quantitative estimate of drug-likeness (QED) is 0.870. The van der Waals surface area contributed by atoms with Crippen molar-refractivity contribution in [2.75, 3.05) is 26.2 Å². The van der Waals surface area contributed by atoms with Crippen LogP contribution >= 0.6 is 0 Å². The molecule has 1 aliphatic rings. The molecule has 5 nitrogen and oxygen atoms in total. The third-order valence-electron chi connectivity index (χ3n) is 4.07. The van der Waals surface area contributed by atoms with E-state index in [1.807, 2.05) is 54.1 Å². The van der Waals surface area contributed by atoms with Gasteiger partial charge in [-0.2, -0.15) is 0 Å². The van der Waals surface area contributed by atoms with Gasteiger partial charge in [0.05, 0.1) is 16.7 Å². The SMILES string of the molecule is CCN(CC)C(=O)N1CC(c2cnc3ccccc3n2)C1. The van der Waals surface area contributed by atoms with Crippen LogP contribution in [0.5, 0.6) is 0 Å². The van der Waals surface area contributed by atoms with Crippen LogP contribution in [0.4, 0.5) is 4.79 Å². The number of hydrogen-bond donors (Lipinski definition) is 0. The summed E-state index contributed by atoms with van der Waals surface area (Å²) in [5.74, 6) is 0.307. The first-order valence-electron chi connectivity index (χ1n) is 7.48. The van der Waals surface area contributed by atoms with Crippen molar-refractivity contribution >= 4 is 17.1 Å². The Hall–Kier alpha value is -2.17. The Morgan fingerprint density at radius 2 is 1.90 bits per heavy atom. The molecule has 1 fully saturated rings. The van der Waals surface area contributed by atoms with Gasteiger partial charge in [-0.3, -0.25) is 4.98 Å². The summed E-state index contributed by atoms with van der Waals surface area (Å²) in [6.45, 7) is 7.00. The molecule has 110 valence electrons. The minimum atomic E-state index is 0.130. The van der Waals surface area contributed by atoms with Gasteiger partial charge in [-0.05, 0) is 26.0 Å². The molecule has 0 aliphatic carbocycles. The average molecular weight is 284 g/mol. The molecule has 3 rings (SSSR count). The maximum absolute atomic E-state index is 12.2. The number of carbonyl (C=O) groups excluding carboxylic acids is 1. The van der Waals surface area contributed by atoms with Gasteiger partial charge in [0.1, 0.15) is 0 Å². The number of nitrogens with zero attached hydrogens (tertiary/aromatic N) is 4. The summed E-state index contributed by atoms with van der Waals surface area (Å²) in [5.41, 5.74) is 2.82. The molecule has 2 amide bonds. The Labute approximate surface area is 124 Å². The van der Waals surface area contributed by atoms with E-state index < -0.39 is 0 Å². The van der Waals surface area contributed by atoms with Crippen molar-refractivity contribution in [2.24, 2.45) is 0 Å². The summed E-state index contributed by atoms with van der Waals surface area (Å²) in [5, 5.41) is 0. The van der Waals surface area contributed by atoms with Crippen LogP contribution < -0.4 is 0 Å². The first kappa shape index (κ1) is 13.8. The number of para-hydroxylation sites is 2. The van der Waals surface area contributed by atoms with Crippen molar-refractivity contribution in [2.45, 2.75) is 19.8 Å². The third kappa shape index (κ3) is 2.55. The number of amides is 2. The Bertz CT molecular complexity index is 648. The number of benzene rings is 1. The molecule has 1 aromatic carbocycles. The zero-order valence-corrected chi connectivity index (χ0v) is 12.5. The van der Waals surface area contributed by atoms with Crippen molar-refractivity contribution in [1.82, 2.24) is 19.8 Å². The molecular formula is C16H20N4O. The van der Waals surface area contributed by atoms with Gasteiger partial charge in [0, 0.05) is 38.3 Å². The van der Waals surface area contributed by atoms with Crippen molar-refractivity contribution in [3.05, 3.63) is 36.2 Å². The molecule has 0 atom stereocenters. The monoisotopic (exact) mass is 284 g/mol. The fourth-order valence-corrected chi connectivity index (χ4v) is 2.68. The van der Waals surface area contributed by atoms with Crippen LogP contribution in [-0.2, 0) is 0 Å². The number of likely N-dealkylation sites (tertiary alicyclic amines) is 1. The second-order valence-electron chi connectivity index (χ2n) is 5.34. The van der Waals surface area contributed by atoms with Crippen LogP contribution in [0, 0.1) is 0 Å². The summed E-state index contributed by atoms with van der Waals surface area (Å²) >= 11 is 0. The van der Waals surface area contributed by atoms with E-state index >= 15 is 0 Å². The first-order chi connectivity index (χ1) is 10.2. The second kappa shape index (κ2) is 5.68. The highest BCUT2D eigenvalue weighted by Gasteiger charge is 2.34. The van der Waals surface area contributed by atoms with Gasteiger partial charge >= 0.3 is 6.03 Å². The highest BCUT2D eigenvalue weighted by Crippen LogP contribution is 2.27. The predicted octanol–water partition coefficient (Wildman–Crippen LogP) is 2.49. The van der Waals surface area contributed by atoms with E-state index in [1.54, 1.807) is 0 Å². The summed E-state index contributed by atoms with van der Waals surface area (Å²) in [7, 11) is 0. The molecule has 1 aliphatic heterocycles. The standard InChI is InChI=1S/C16H20N4O/c1-3-19(4-2)16(21)20-10-12(11-20)15-9-17-13-7-5-6-8-14(13)18-15/h5-9,12H,3-4,10-11H2,1-2H3. The molecule has 0 N–H and O–H groups in total. The van der Waals surface area contributed by atoms with Crippen LogP contribution in [0.2, 0.25) is 0 Å². The minimum Gasteiger partial charge on any atom is -0.325 e. The maximum atomic E-state index is 12.2. The number of urea groups is 1. The molecule has 0 saturated carbocycles. The summed E-state index contributed by atoms with van der Waals surface area (Å²) in [6.07, 6.45) is 1.84. The van der Waals surface area contributed by atoms with Crippen LogP contribution in [0.3, 0.4) is 0 Å². The lowest BCUT2D eigenvalue weighted by Gasteiger charge is -2.41. The predicted molar refractivity (Wildman–Crippen MR) is 82.2 cm³/mol. The fourth-order valence-electron chi connectivity index (χ4n) is 2.68. The smallest absolute Gasteiger partial charge is 0.320 e. The van der Waals surface area contributed by atoms with Crippen LogP contribution in [0.25, 0.3) is 11.0 Å². The molecule has 21 heavy (non-hydrogen) atoms. The van der Waals surface area contributed by atoms with Gasteiger partial charge in [-0.25, -0.2) is 9.78 Å². The summed E-state index contributed by atoms with van der Waals surface area (Å²) in [6, 6.07) is 8.00. The Kier molecular flexibility index (Phi) is 3.73. The lowest BCUT2D eigenvalue weighted by atomic mass is 9.97. The molecule has 0 unspecified atom stereocenters. The number of rotatable bonds is 3. The van der Waals surface area contributed by atoms with Crippen LogP contribution in [-0.4, -0.2) is 52.0 Å². The number of carbonyl (C=O) groups is 1. The number of hydrogen-bond acceptors (Lipinski definition) is 3. The fraction of sp³-hybridized carbons (Fsp3) is 0.438. The molecule has 1 saturated heterocycles. The van der Waals surface area contributed by atoms with Gasteiger partial charge in [0.15, 0.2) is 0 Å².